The molecule has 0 unspecified atom stereocenters. The Labute approximate surface area is 114 Å². The first-order valence-electron chi connectivity index (χ1n) is 6.02. The summed E-state index contributed by atoms with van der Waals surface area (Å²) in [5.41, 5.74) is 0.530. The van der Waals surface area contributed by atoms with E-state index in [-0.39, 0.29) is 17.9 Å². The Morgan fingerprint density at radius 3 is 2.45 bits per heavy atom. The highest BCUT2D eigenvalue weighted by Gasteiger charge is 2.32. The average Bonchev–Trinajstić information content (AvgIpc) is 2.36. The lowest BCUT2D eigenvalue weighted by atomic mass is 10.1. The van der Waals surface area contributed by atoms with E-state index in [4.69, 9.17) is 0 Å². The molecule has 2 aromatic carbocycles. The highest BCUT2D eigenvalue weighted by Crippen LogP contribution is 2.33. The zero-order valence-electron chi connectivity index (χ0n) is 10.8. The van der Waals surface area contributed by atoms with E-state index in [0.717, 1.165) is 6.07 Å². The first-order valence-corrected chi connectivity index (χ1v) is 6.02. The fourth-order valence-corrected chi connectivity index (χ4v) is 1.89. The summed E-state index contributed by atoms with van der Waals surface area (Å²) in [6.07, 6.45) is -4.37. The predicted octanol–water partition coefficient (Wildman–Crippen LogP) is 4.77. The lowest BCUT2D eigenvalue weighted by Crippen LogP contribution is -2.09. The van der Waals surface area contributed by atoms with Gasteiger partial charge in [-0.15, -0.1) is 0 Å². The van der Waals surface area contributed by atoms with E-state index in [1.807, 2.05) is 0 Å². The number of benzene rings is 2. The van der Waals surface area contributed by atoms with Gasteiger partial charge in [0.2, 0.25) is 0 Å². The van der Waals surface area contributed by atoms with Gasteiger partial charge in [-0.2, -0.15) is 13.2 Å². The van der Waals surface area contributed by atoms with Crippen molar-refractivity contribution >= 4 is 5.69 Å². The summed E-state index contributed by atoms with van der Waals surface area (Å²) in [5, 5.41) is 2.86. The summed E-state index contributed by atoms with van der Waals surface area (Å²) in [7, 11) is 0. The summed E-state index contributed by atoms with van der Waals surface area (Å²) in [4.78, 5) is 0. The third-order valence-electron chi connectivity index (χ3n) is 2.93. The van der Waals surface area contributed by atoms with E-state index in [2.05, 4.69) is 5.32 Å². The molecule has 0 heterocycles. The van der Waals surface area contributed by atoms with E-state index in [9.17, 15) is 17.6 Å². The van der Waals surface area contributed by atoms with Crippen LogP contribution in [0.1, 0.15) is 16.7 Å². The summed E-state index contributed by atoms with van der Waals surface area (Å²) in [6, 6.07) is 9.97. The molecule has 1 N–H and O–H groups in total. The van der Waals surface area contributed by atoms with Crippen molar-refractivity contribution in [3.63, 3.8) is 0 Å². The van der Waals surface area contributed by atoms with Crippen LogP contribution in [0.25, 0.3) is 0 Å². The summed E-state index contributed by atoms with van der Waals surface area (Å²) >= 11 is 0. The Morgan fingerprint density at radius 1 is 1.05 bits per heavy atom. The Bertz CT molecular complexity index is 605. The van der Waals surface area contributed by atoms with Crippen molar-refractivity contribution in [1.29, 1.82) is 0 Å². The number of anilines is 1. The van der Waals surface area contributed by atoms with Crippen molar-refractivity contribution in [2.45, 2.75) is 19.6 Å². The summed E-state index contributed by atoms with van der Waals surface area (Å²) < 4.78 is 51.3. The Kier molecular flexibility index (Phi) is 3.97. The standard InChI is InChI=1S/C15H13F4N/c1-10-5-6-13(8-14(10)15(17,18)19)20-9-11-3-2-4-12(16)7-11/h2-8,20H,9H2,1H3. The molecule has 0 aliphatic rings. The number of aryl methyl sites for hydroxylation is 1. The van der Waals surface area contributed by atoms with Crippen LogP contribution in [0.3, 0.4) is 0 Å². The van der Waals surface area contributed by atoms with Gasteiger partial charge in [0.1, 0.15) is 5.82 Å². The summed E-state index contributed by atoms with van der Waals surface area (Å²) in [5.74, 6) is -0.371. The van der Waals surface area contributed by atoms with Crippen molar-refractivity contribution in [3.8, 4) is 0 Å². The zero-order chi connectivity index (χ0) is 14.8. The fourth-order valence-electron chi connectivity index (χ4n) is 1.89. The van der Waals surface area contributed by atoms with Crippen LogP contribution in [0.2, 0.25) is 0 Å². The zero-order valence-corrected chi connectivity index (χ0v) is 10.8. The molecule has 0 atom stereocenters. The van der Waals surface area contributed by atoms with Crippen LogP contribution in [0.15, 0.2) is 42.5 Å². The van der Waals surface area contributed by atoms with E-state index in [0.29, 0.717) is 11.3 Å². The molecule has 0 spiro atoms. The van der Waals surface area contributed by atoms with Crippen molar-refractivity contribution in [2.75, 3.05) is 5.32 Å². The molecule has 0 saturated heterocycles. The van der Waals surface area contributed by atoms with Crippen molar-refractivity contribution in [2.24, 2.45) is 0 Å². The number of rotatable bonds is 3. The minimum Gasteiger partial charge on any atom is -0.381 e. The SMILES string of the molecule is Cc1ccc(NCc2cccc(F)c2)cc1C(F)(F)F. The maximum absolute atomic E-state index is 13.0. The van der Waals surface area contributed by atoms with Crippen LogP contribution in [0.4, 0.5) is 23.2 Å². The molecular weight excluding hydrogens is 270 g/mol. The second-order valence-corrected chi connectivity index (χ2v) is 4.51. The molecule has 106 valence electrons. The third kappa shape index (κ3) is 3.50. The molecule has 0 aromatic heterocycles. The number of nitrogens with one attached hydrogen (secondary N) is 1. The van der Waals surface area contributed by atoms with Gasteiger partial charge in [0.25, 0.3) is 0 Å². The lowest BCUT2D eigenvalue weighted by molar-refractivity contribution is -0.138. The highest BCUT2D eigenvalue weighted by atomic mass is 19.4. The van der Waals surface area contributed by atoms with Gasteiger partial charge in [0, 0.05) is 12.2 Å². The van der Waals surface area contributed by atoms with Crippen molar-refractivity contribution < 1.29 is 17.6 Å². The van der Waals surface area contributed by atoms with E-state index in [1.54, 1.807) is 18.2 Å². The van der Waals surface area contributed by atoms with Crippen LogP contribution in [-0.4, -0.2) is 0 Å². The highest BCUT2D eigenvalue weighted by molar-refractivity contribution is 5.49. The minimum atomic E-state index is -4.37. The smallest absolute Gasteiger partial charge is 0.381 e. The Hall–Kier alpha value is -2.04. The van der Waals surface area contributed by atoms with Crippen molar-refractivity contribution in [3.05, 3.63) is 65.0 Å². The quantitative estimate of drug-likeness (QED) is 0.800. The first kappa shape index (κ1) is 14.4. The minimum absolute atomic E-state index is 0.175. The maximum atomic E-state index is 13.0. The molecule has 1 nitrogen and oxygen atoms in total. The number of halogens is 4. The van der Waals surface area contributed by atoms with E-state index in [1.165, 1.54) is 25.1 Å². The third-order valence-corrected chi connectivity index (χ3v) is 2.93. The molecule has 0 bridgehead atoms. The van der Waals surface area contributed by atoms with Gasteiger partial charge in [-0.25, -0.2) is 4.39 Å². The Morgan fingerprint density at radius 2 is 1.80 bits per heavy atom. The molecule has 0 aliphatic carbocycles. The van der Waals surface area contributed by atoms with Crippen molar-refractivity contribution in [1.82, 2.24) is 0 Å². The largest absolute Gasteiger partial charge is 0.416 e. The number of hydrogen-bond acceptors (Lipinski definition) is 1. The van der Waals surface area contributed by atoms with Crippen LogP contribution < -0.4 is 5.32 Å². The number of hydrogen-bond donors (Lipinski definition) is 1. The normalized spacial score (nSPS) is 11.4. The topological polar surface area (TPSA) is 12.0 Å². The second kappa shape index (κ2) is 5.53. The molecule has 0 aliphatic heterocycles. The van der Waals surface area contributed by atoms with E-state index >= 15 is 0 Å². The maximum Gasteiger partial charge on any atom is 0.416 e. The van der Waals surface area contributed by atoms with Gasteiger partial charge in [0.05, 0.1) is 5.56 Å². The molecular formula is C15H13F4N. The molecule has 5 heteroatoms. The van der Waals surface area contributed by atoms with Gasteiger partial charge < -0.3 is 5.32 Å². The molecule has 0 amide bonds. The molecule has 2 aromatic rings. The molecule has 0 radical (unpaired) electrons. The molecule has 0 saturated carbocycles. The summed E-state index contributed by atoms with van der Waals surface area (Å²) in [6.45, 7) is 1.68. The van der Waals surface area contributed by atoms with Crippen LogP contribution in [-0.2, 0) is 12.7 Å². The lowest BCUT2D eigenvalue weighted by Gasteiger charge is -2.13. The van der Waals surface area contributed by atoms with Crippen LogP contribution in [0, 0.1) is 12.7 Å². The van der Waals surface area contributed by atoms with Gasteiger partial charge >= 0.3 is 6.18 Å². The van der Waals surface area contributed by atoms with Gasteiger partial charge in [0.15, 0.2) is 0 Å². The number of alkyl halides is 3. The van der Waals surface area contributed by atoms with Gasteiger partial charge in [-0.05, 0) is 42.3 Å². The molecule has 2 rings (SSSR count). The first-order chi connectivity index (χ1) is 9.36. The predicted molar refractivity (Wildman–Crippen MR) is 69.9 cm³/mol. The monoisotopic (exact) mass is 283 g/mol. The van der Waals surface area contributed by atoms with Gasteiger partial charge in [-0.1, -0.05) is 18.2 Å². The average molecular weight is 283 g/mol. The van der Waals surface area contributed by atoms with E-state index < -0.39 is 11.7 Å². The van der Waals surface area contributed by atoms with Gasteiger partial charge in [-0.3, -0.25) is 0 Å². The Balaban J connectivity index is 2.14. The second-order valence-electron chi connectivity index (χ2n) is 4.51. The molecule has 0 fully saturated rings. The fraction of sp³-hybridized carbons (Fsp3) is 0.200. The molecule has 20 heavy (non-hydrogen) atoms. The van der Waals surface area contributed by atoms with Crippen LogP contribution in [0.5, 0.6) is 0 Å². The van der Waals surface area contributed by atoms with Crippen LogP contribution >= 0.6 is 0 Å².